The highest BCUT2D eigenvalue weighted by Gasteiger charge is 2.08. The molecule has 5 heteroatoms. The topological polar surface area (TPSA) is 39.7 Å². The molecule has 2 N–H and O–H groups in total. The number of nitrogens with zero attached hydrogens (tertiary/aromatic N) is 2. The van der Waals surface area contributed by atoms with Gasteiger partial charge in [-0.05, 0) is 50.0 Å². The van der Waals surface area contributed by atoms with Crippen LogP contribution in [0.5, 0.6) is 0 Å². The van der Waals surface area contributed by atoms with Gasteiger partial charge in [0.1, 0.15) is 5.82 Å². The molecule has 128 valence electrons. The van der Waals surface area contributed by atoms with E-state index < -0.39 is 0 Å². The average Bonchev–Trinajstić information content (AvgIpc) is 2.82. The number of rotatable bonds is 6. The van der Waals surface area contributed by atoms with E-state index in [9.17, 15) is 4.39 Å². The summed E-state index contributed by atoms with van der Waals surface area (Å²) in [6, 6.07) is 6.75. The first-order chi connectivity index (χ1) is 11.3. The van der Waals surface area contributed by atoms with Crippen LogP contribution in [0, 0.1) is 5.82 Å². The first kappa shape index (κ1) is 17.7. The predicted molar refractivity (Wildman–Crippen MR) is 94.4 cm³/mol. The number of benzene rings is 1. The fourth-order valence-electron chi connectivity index (χ4n) is 2.93. The summed E-state index contributed by atoms with van der Waals surface area (Å²) in [5.41, 5.74) is 0.998. The van der Waals surface area contributed by atoms with Crippen LogP contribution in [0.1, 0.15) is 31.2 Å². The van der Waals surface area contributed by atoms with Gasteiger partial charge in [-0.25, -0.2) is 4.39 Å². The Bertz CT molecular complexity index is 482. The lowest BCUT2D eigenvalue weighted by Gasteiger charge is -2.20. The molecule has 23 heavy (non-hydrogen) atoms. The Labute approximate surface area is 139 Å². The largest absolute Gasteiger partial charge is 0.356 e. The van der Waals surface area contributed by atoms with Gasteiger partial charge in [-0.15, -0.1) is 0 Å². The normalized spacial score (nSPS) is 16.9. The molecule has 4 nitrogen and oxygen atoms in total. The van der Waals surface area contributed by atoms with Crippen LogP contribution in [0.3, 0.4) is 0 Å². The highest BCUT2D eigenvalue weighted by atomic mass is 19.1. The maximum atomic E-state index is 13.1. The molecule has 0 atom stereocenters. The lowest BCUT2D eigenvalue weighted by molar-refractivity contribution is 0.289. The molecule has 0 aliphatic carbocycles. The van der Waals surface area contributed by atoms with Crippen LogP contribution in [0.4, 0.5) is 4.39 Å². The average molecular weight is 320 g/mol. The summed E-state index contributed by atoms with van der Waals surface area (Å²) < 4.78 is 13.1. The van der Waals surface area contributed by atoms with Crippen LogP contribution in [0.25, 0.3) is 0 Å². The molecule has 0 saturated carbocycles. The molecule has 0 amide bonds. The molecule has 1 fully saturated rings. The van der Waals surface area contributed by atoms with E-state index in [0.29, 0.717) is 0 Å². The summed E-state index contributed by atoms with van der Waals surface area (Å²) in [4.78, 5) is 6.77. The number of hydrogen-bond acceptors (Lipinski definition) is 2. The van der Waals surface area contributed by atoms with Crippen molar-refractivity contribution in [2.75, 3.05) is 39.8 Å². The number of likely N-dealkylation sites (tertiary alicyclic amines) is 1. The SMILES string of the molecule is CN=C(NCCc1cccc(F)c1)NCCN1CCCCCC1. The molecule has 1 saturated heterocycles. The first-order valence-corrected chi connectivity index (χ1v) is 8.69. The Balaban J connectivity index is 1.63. The van der Waals surface area contributed by atoms with Crippen molar-refractivity contribution in [2.24, 2.45) is 4.99 Å². The fraction of sp³-hybridized carbons (Fsp3) is 0.611. The Morgan fingerprint density at radius 2 is 1.87 bits per heavy atom. The van der Waals surface area contributed by atoms with Crippen molar-refractivity contribution < 1.29 is 4.39 Å². The minimum absolute atomic E-state index is 0.178. The summed E-state index contributed by atoms with van der Waals surface area (Å²) in [6.07, 6.45) is 6.16. The molecule has 1 aromatic carbocycles. The minimum Gasteiger partial charge on any atom is -0.356 e. The zero-order chi connectivity index (χ0) is 16.3. The summed E-state index contributed by atoms with van der Waals surface area (Å²) in [5, 5.41) is 6.64. The van der Waals surface area contributed by atoms with E-state index in [2.05, 4.69) is 20.5 Å². The van der Waals surface area contributed by atoms with Gasteiger partial charge in [0.2, 0.25) is 0 Å². The third-order valence-electron chi connectivity index (χ3n) is 4.24. The van der Waals surface area contributed by atoms with Gasteiger partial charge in [0.05, 0.1) is 0 Å². The lowest BCUT2D eigenvalue weighted by Crippen LogP contribution is -2.42. The van der Waals surface area contributed by atoms with Gasteiger partial charge in [0.15, 0.2) is 5.96 Å². The Morgan fingerprint density at radius 1 is 1.13 bits per heavy atom. The zero-order valence-corrected chi connectivity index (χ0v) is 14.2. The molecule has 0 aromatic heterocycles. The van der Waals surface area contributed by atoms with Crippen LogP contribution in [-0.2, 0) is 6.42 Å². The number of halogens is 1. The van der Waals surface area contributed by atoms with Gasteiger partial charge in [-0.2, -0.15) is 0 Å². The fourth-order valence-corrected chi connectivity index (χ4v) is 2.93. The smallest absolute Gasteiger partial charge is 0.191 e. The molecule has 1 aliphatic heterocycles. The van der Waals surface area contributed by atoms with E-state index in [4.69, 9.17) is 0 Å². The van der Waals surface area contributed by atoms with Crippen molar-refractivity contribution in [1.82, 2.24) is 15.5 Å². The highest BCUT2D eigenvalue weighted by Crippen LogP contribution is 2.08. The molecule has 1 heterocycles. The summed E-state index contributed by atoms with van der Waals surface area (Å²) in [7, 11) is 1.78. The lowest BCUT2D eigenvalue weighted by atomic mass is 10.1. The molecular formula is C18H29FN4. The van der Waals surface area contributed by atoms with E-state index in [1.54, 1.807) is 19.2 Å². The van der Waals surface area contributed by atoms with Gasteiger partial charge in [-0.1, -0.05) is 25.0 Å². The van der Waals surface area contributed by atoms with Crippen molar-refractivity contribution in [3.63, 3.8) is 0 Å². The van der Waals surface area contributed by atoms with Gasteiger partial charge in [-0.3, -0.25) is 4.99 Å². The minimum atomic E-state index is -0.178. The van der Waals surface area contributed by atoms with E-state index >= 15 is 0 Å². The Hall–Kier alpha value is -1.62. The van der Waals surface area contributed by atoms with Crippen LogP contribution in [0.2, 0.25) is 0 Å². The zero-order valence-electron chi connectivity index (χ0n) is 14.2. The van der Waals surface area contributed by atoms with Gasteiger partial charge in [0.25, 0.3) is 0 Å². The standard InChI is InChI=1S/C18H29FN4/c1-20-18(21-10-9-16-7-6-8-17(19)15-16)22-11-14-23-12-4-2-3-5-13-23/h6-8,15H,2-5,9-14H2,1H3,(H2,20,21,22). The number of aliphatic imine (C=N–C) groups is 1. The third kappa shape index (κ3) is 6.99. The second-order valence-electron chi connectivity index (χ2n) is 6.06. The summed E-state index contributed by atoms with van der Waals surface area (Å²) >= 11 is 0. The quantitative estimate of drug-likeness (QED) is 0.625. The van der Waals surface area contributed by atoms with E-state index in [1.807, 2.05) is 6.07 Å². The molecule has 1 aromatic rings. The first-order valence-electron chi connectivity index (χ1n) is 8.69. The van der Waals surface area contributed by atoms with Crippen LogP contribution >= 0.6 is 0 Å². The predicted octanol–water partition coefficient (Wildman–Crippen LogP) is 2.41. The molecule has 0 spiro atoms. The van der Waals surface area contributed by atoms with Crippen molar-refractivity contribution in [2.45, 2.75) is 32.1 Å². The number of guanidine groups is 1. The second-order valence-corrected chi connectivity index (χ2v) is 6.06. The van der Waals surface area contributed by atoms with Gasteiger partial charge < -0.3 is 15.5 Å². The van der Waals surface area contributed by atoms with Crippen molar-refractivity contribution in [1.29, 1.82) is 0 Å². The monoisotopic (exact) mass is 320 g/mol. The van der Waals surface area contributed by atoms with Gasteiger partial charge in [0, 0.05) is 26.7 Å². The second kappa shape index (κ2) is 10.2. The number of nitrogens with one attached hydrogen (secondary N) is 2. The molecule has 0 bridgehead atoms. The van der Waals surface area contributed by atoms with Crippen LogP contribution in [-0.4, -0.2) is 50.6 Å². The van der Waals surface area contributed by atoms with E-state index in [1.165, 1.54) is 44.8 Å². The third-order valence-corrected chi connectivity index (χ3v) is 4.24. The molecular weight excluding hydrogens is 291 g/mol. The molecule has 1 aliphatic rings. The maximum absolute atomic E-state index is 13.1. The van der Waals surface area contributed by atoms with Gasteiger partial charge >= 0.3 is 0 Å². The van der Waals surface area contributed by atoms with E-state index in [-0.39, 0.29) is 5.82 Å². The Kier molecular flexibility index (Phi) is 7.87. The Morgan fingerprint density at radius 3 is 2.57 bits per heavy atom. The van der Waals surface area contributed by atoms with Crippen LogP contribution < -0.4 is 10.6 Å². The van der Waals surface area contributed by atoms with Crippen molar-refractivity contribution in [3.05, 3.63) is 35.6 Å². The molecule has 2 rings (SSSR count). The van der Waals surface area contributed by atoms with E-state index in [0.717, 1.165) is 37.6 Å². The summed E-state index contributed by atoms with van der Waals surface area (Å²) in [5.74, 6) is 0.638. The van der Waals surface area contributed by atoms with Crippen LogP contribution in [0.15, 0.2) is 29.3 Å². The van der Waals surface area contributed by atoms with Crippen molar-refractivity contribution in [3.8, 4) is 0 Å². The molecule has 0 radical (unpaired) electrons. The summed E-state index contributed by atoms with van der Waals surface area (Å²) in [6.45, 7) is 5.14. The highest BCUT2D eigenvalue weighted by molar-refractivity contribution is 5.79. The van der Waals surface area contributed by atoms with Crippen molar-refractivity contribution >= 4 is 5.96 Å². The molecule has 0 unspecified atom stereocenters. The maximum Gasteiger partial charge on any atom is 0.191 e. The number of hydrogen-bond donors (Lipinski definition) is 2.